The summed E-state index contributed by atoms with van der Waals surface area (Å²) in [5.41, 5.74) is 9.60. The SMILES string of the molecule is c1cncc(-c2ccc(-c3nc(-c4ccc(-c5cc6ccccc6c6ccccc56)cc4)nc(-c4ccc(-c5ccc6ccc7cccc8ccc5c6c78)cc4)n3)cc2)c1. The van der Waals surface area contributed by atoms with E-state index in [0.29, 0.717) is 17.5 Å². The first-order valence-electron chi connectivity index (χ1n) is 20.3. The molecule has 0 N–H and O–H groups in total. The van der Waals surface area contributed by atoms with Crippen LogP contribution in [0.1, 0.15) is 0 Å². The van der Waals surface area contributed by atoms with Gasteiger partial charge in [-0.15, -0.1) is 0 Å². The van der Waals surface area contributed by atoms with E-state index < -0.39 is 0 Å². The van der Waals surface area contributed by atoms with E-state index >= 15 is 0 Å². The Bertz CT molecular complexity index is 3540. The monoisotopic (exact) mass is 762 g/mol. The lowest BCUT2D eigenvalue weighted by molar-refractivity contribution is 1.07. The van der Waals surface area contributed by atoms with Gasteiger partial charge in [-0.25, -0.2) is 15.0 Å². The van der Waals surface area contributed by atoms with Crippen molar-refractivity contribution in [2.24, 2.45) is 0 Å². The molecule has 2 heterocycles. The standard InChI is InChI=1S/C56H34N4/c1-2-11-46-44(7-1)33-51(49-13-4-3-12-48(46)49)37-18-26-43(27-19-37)56-59-54(41-22-14-35(15-23-41)45-10-6-32-57-34-45)58-55(60-56)42-24-16-36(17-25-42)47-30-28-40-21-20-38-8-5-9-39-29-31-50(47)53(40)52(38)39/h1-34H. The molecule has 0 aliphatic heterocycles. The van der Waals surface area contributed by atoms with Gasteiger partial charge in [0.2, 0.25) is 0 Å². The van der Waals surface area contributed by atoms with Gasteiger partial charge < -0.3 is 0 Å². The Morgan fingerprint density at radius 2 is 0.767 bits per heavy atom. The first-order chi connectivity index (χ1) is 29.7. The Balaban J connectivity index is 0.954. The number of nitrogens with zero attached hydrogens (tertiary/aromatic N) is 4. The van der Waals surface area contributed by atoms with Crippen LogP contribution in [0.4, 0.5) is 0 Å². The summed E-state index contributed by atoms with van der Waals surface area (Å²) in [6.45, 7) is 0. The maximum absolute atomic E-state index is 5.14. The molecule has 0 radical (unpaired) electrons. The van der Waals surface area contributed by atoms with Crippen LogP contribution in [0.15, 0.2) is 207 Å². The Kier molecular flexibility index (Phi) is 7.82. The molecule has 0 bridgehead atoms. The molecular weight excluding hydrogens is 729 g/mol. The number of hydrogen-bond acceptors (Lipinski definition) is 4. The van der Waals surface area contributed by atoms with Crippen LogP contribution < -0.4 is 0 Å². The fourth-order valence-corrected chi connectivity index (χ4v) is 8.99. The highest BCUT2D eigenvalue weighted by atomic mass is 15.0. The molecule has 278 valence electrons. The van der Waals surface area contributed by atoms with Gasteiger partial charge in [0, 0.05) is 29.1 Å². The average Bonchev–Trinajstić information content (AvgIpc) is 3.33. The summed E-state index contributed by atoms with van der Waals surface area (Å²) >= 11 is 0. The number of aromatic nitrogens is 4. The van der Waals surface area contributed by atoms with Crippen LogP contribution in [0.5, 0.6) is 0 Å². The summed E-state index contributed by atoms with van der Waals surface area (Å²) < 4.78 is 0. The molecular formula is C56H34N4. The Hall–Kier alpha value is -8.08. The number of pyridine rings is 1. The van der Waals surface area contributed by atoms with Crippen molar-refractivity contribution in [3.8, 4) is 67.5 Å². The molecule has 0 amide bonds. The van der Waals surface area contributed by atoms with Gasteiger partial charge in [0.15, 0.2) is 17.5 Å². The van der Waals surface area contributed by atoms with E-state index in [2.05, 4.69) is 193 Å². The Morgan fingerprint density at radius 3 is 1.40 bits per heavy atom. The molecule has 60 heavy (non-hydrogen) atoms. The van der Waals surface area contributed by atoms with Gasteiger partial charge in [-0.1, -0.05) is 182 Å². The molecule has 12 rings (SSSR count). The van der Waals surface area contributed by atoms with Gasteiger partial charge in [0.25, 0.3) is 0 Å². The molecule has 12 aromatic rings. The van der Waals surface area contributed by atoms with Crippen molar-refractivity contribution in [2.45, 2.75) is 0 Å². The van der Waals surface area contributed by atoms with Crippen LogP contribution in [-0.2, 0) is 0 Å². The largest absolute Gasteiger partial charge is 0.264 e. The van der Waals surface area contributed by atoms with Crippen LogP contribution in [0.25, 0.3) is 121 Å². The molecule has 4 heteroatoms. The molecule has 0 unspecified atom stereocenters. The van der Waals surface area contributed by atoms with E-state index in [9.17, 15) is 0 Å². The summed E-state index contributed by atoms with van der Waals surface area (Å²) in [5, 5.41) is 12.6. The van der Waals surface area contributed by atoms with Crippen molar-refractivity contribution in [3.63, 3.8) is 0 Å². The third-order valence-corrected chi connectivity index (χ3v) is 12.0. The van der Waals surface area contributed by atoms with Crippen molar-refractivity contribution in [1.82, 2.24) is 19.9 Å². The van der Waals surface area contributed by atoms with Crippen LogP contribution in [0.2, 0.25) is 0 Å². The summed E-state index contributed by atoms with van der Waals surface area (Å²) in [6.07, 6.45) is 3.67. The second-order valence-electron chi connectivity index (χ2n) is 15.4. The molecule has 0 saturated heterocycles. The summed E-state index contributed by atoms with van der Waals surface area (Å²) in [6, 6.07) is 69.2. The van der Waals surface area contributed by atoms with Crippen molar-refractivity contribution in [1.29, 1.82) is 0 Å². The van der Waals surface area contributed by atoms with E-state index in [4.69, 9.17) is 15.0 Å². The zero-order valence-corrected chi connectivity index (χ0v) is 32.4. The second kappa shape index (κ2) is 13.8. The Labute approximate surface area is 346 Å². The van der Waals surface area contributed by atoms with Gasteiger partial charge >= 0.3 is 0 Å². The molecule has 0 atom stereocenters. The van der Waals surface area contributed by atoms with E-state index in [1.54, 1.807) is 6.20 Å². The minimum atomic E-state index is 0.619. The summed E-state index contributed by atoms with van der Waals surface area (Å²) in [5.74, 6) is 1.86. The molecule has 10 aromatic carbocycles. The quantitative estimate of drug-likeness (QED) is 0.158. The van der Waals surface area contributed by atoms with E-state index in [-0.39, 0.29) is 0 Å². The summed E-state index contributed by atoms with van der Waals surface area (Å²) in [7, 11) is 0. The van der Waals surface area contributed by atoms with E-state index in [1.807, 2.05) is 12.3 Å². The van der Waals surface area contributed by atoms with Gasteiger partial charge in [-0.2, -0.15) is 0 Å². The third-order valence-electron chi connectivity index (χ3n) is 12.0. The zero-order valence-electron chi connectivity index (χ0n) is 32.4. The molecule has 0 aliphatic rings. The van der Waals surface area contributed by atoms with Crippen molar-refractivity contribution < 1.29 is 0 Å². The molecule has 0 saturated carbocycles. The molecule has 0 fully saturated rings. The predicted molar refractivity (Wildman–Crippen MR) is 249 cm³/mol. The van der Waals surface area contributed by atoms with Crippen LogP contribution >= 0.6 is 0 Å². The highest BCUT2D eigenvalue weighted by Crippen LogP contribution is 2.40. The number of rotatable bonds is 6. The minimum Gasteiger partial charge on any atom is -0.264 e. The van der Waals surface area contributed by atoms with Gasteiger partial charge in [0.05, 0.1) is 0 Å². The first kappa shape index (κ1) is 34.0. The maximum Gasteiger partial charge on any atom is 0.164 e. The second-order valence-corrected chi connectivity index (χ2v) is 15.4. The van der Waals surface area contributed by atoms with Crippen molar-refractivity contribution in [3.05, 3.63) is 207 Å². The summed E-state index contributed by atoms with van der Waals surface area (Å²) in [4.78, 5) is 19.7. The number of benzene rings is 10. The highest BCUT2D eigenvalue weighted by Gasteiger charge is 2.16. The molecule has 2 aromatic heterocycles. The van der Waals surface area contributed by atoms with E-state index in [0.717, 1.165) is 38.9 Å². The lowest BCUT2D eigenvalue weighted by Crippen LogP contribution is -2.00. The topological polar surface area (TPSA) is 51.6 Å². The van der Waals surface area contributed by atoms with Gasteiger partial charge in [-0.3, -0.25) is 4.98 Å². The fourth-order valence-electron chi connectivity index (χ4n) is 8.99. The number of fused-ring (bicyclic) bond motifs is 3. The normalized spacial score (nSPS) is 11.7. The predicted octanol–water partition coefficient (Wildman–Crippen LogP) is 14.5. The van der Waals surface area contributed by atoms with Crippen molar-refractivity contribution >= 4 is 53.9 Å². The molecule has 0 aliphatic carbocycles. The van der Waals surface area contributed by atoms with Crippen LogP contribution in [-0.4, -0.2) is 19.9 Å². The zero-order chi connectivity index (χ0) is 39.6. The van der Waals surface area contributed by atoms with Crippen LogP contribution in [0.3, 0.4) is 0 Å². The van der Waals surface area contributed by atoms with Crippen LogP contribution in [0, 0.1) is 0 Å². The van der Waals surface area contributed by atoms with E-state index in [1.165, 1.54) is 65.0 Å². The Morgan fingerprint density at radius 1 is 0.267 bits per heavy atom. The third kappa shape index (κ3) is 5.69. The highest BCUT2D eigenvalue weighted by molar-refractivity contribution is 6.25. The fraction of sp³-hybridized carbons (Fsp3) is 0. The minimum absolute atomic E-state index is 0.619. The lowest BCUT2D eigenvalue weighted by atomic mass is 9.90. The average molecular weight is 763 g/mol. The molecule has 0 spiro atoms. The first-order valence-corrected chi connectivity index (χ1v) is 20.3. The lowest BCUT2D eigenvalue weighted by Gasteiger charge is -2.14. The van der Waals surface area contributed by atoms with Gasteiger partial charge in [0.1, 0.15) is 0 Å². The van der Waals surface area contributed by atoms with Crippen molar-refractivity contribution in [2.75, 3.05) is 0 Å². The number of hydrogen-bond donors (Lipinski definition) is 0. The maximum atomic E-state index is 5.14. The van der Waals surface area contributed by atoms with Gasteiger partial charge in [-0.05, 0) is 99.4 Å². The smallest absolute Gasteiger partial charge is 0.164 e. The molecule has 4 nitrogen and oxygen atoms in total.